The normalized spacial score (nSPS) is 17.8. The van der Waals surface area contributed by atoms with Crippen LogP contribution in [0.4, 0.5) is 17.2 Å². The Bertz CT molecular complexity index is 1180. The van der Waals surface area contributed by atoms with E-state index in [1.54, 1.807) is 18.6 Å². The molecule has 0 bridgehead atoms. The van der Waals surface area contributed by atoms with E-state index < -0.39 is 0 Å². The number of aromatic nitrogens is 3. The number of rotatable bonds is 5. The predicted octanol–water partition coefficient (Wildman–Crippen LogP) is 1.68. The highest BCUT2D eigenvalue weighted by Crippen LogP contribution is 2.28. The van der Waals surface area contributed by atoms with Gasteiger partial charge in [-0.1, -0.05) is 6.07 Å². The van der Waals surface area contributed by atoms with Crippen LogP contribution in [0.5, 0.6) is 0 Å². The Morgan fingerprint density at radius 2 is 2.06 bits per heavy atom. The van der Waals surface area contributed by atoms with Gasteiger partial charge >= 0.3 is 0 Å². The zero-order valence-corrected chi connectivity index (χ0v) is 18.3. The molecule has 1 atom stereocenters. The molecule has 1 aromatic carbocycles. The monoisotopic (exact) mass is 445 g/mol. The highest BCUT2D eigenvalue weighted by molar-refractivity contribution is 6.00. The van der Waals surface area contributed by atoms with Crippen molar-refractivity contribution in [1.29, 1.82) is 0 Å². The number of fused-ring (bicyclic) bond motifs is 1. The maximum Gasteiger partial charge on any atom is 0.189 e. The molecule has 1 fully saturated rings. The number of anilines is 3. The molecule has 5 rings (SSSR count). The second-order valence-corrected chi connectivity index (χ2v) is 8.41. The largest absolute Gasteiger partial charge is 0.383 e. The van der Waals surface area contributed by atoms with E-state index in [1.165, 1.54) is 0 Å². The molecule has 0 saturated carbocycles. The quantitative estimate of drug-likeness (QED) is 0.502. The Kier molecular flexibility index (Phi) is 5.89. The molecule has 4 heterocycles. The Hall–Kier alpha value is -3.56. The van der Waals surface area contributed by atoms with Crippen LogP contribution >= 0.6 is 0 Å². The Morgan fingerprint density at radius 1 is 1.21 bits per heavy atom. The first-order valence-electron chi connectivity index (χ1n) is 11.1. The maximum absolute atomic E-state index is 13.2. The highest BCUT2D eigenvalue weighted by Gasteiger charge is 2.21. The van der Waals surface area contributed by atoms with Crippen LogP contribution in [0, 0.1) is 0 Å². The van der Waals surface area contributed by atoms with Gasteiger partial charge in [0.25, 0.3) is 0 Å². The lowest BCUT2D eigenvalue weighted by atomic mass is 9.97. The summed E-state index contributed by atoms with van der Waals surface area (Å²) in [5.74, 6) is -0.0618. The standard InChI is InChI=1S/C24H27N7O2/c25-18-10-16-9-15(1-2-19(16)28-13-18)20-14-29-24(26)23(30-20)22(32)11-17-12-27-4-3-21(17)31-5-7-33-8-6-31/h1-4,9,12,14,18,28H,5-8,10-11,13,25H2,(H2,26,29). The third-order valence-electron chi connectivity index (χ3n) is 6.08. The number of Topliss-reactive ketones (excluding diaryl/α,β-unsaturated/α-hetero) is 1. The molecule has 1 saturated heterocycles. The van der Waals surface area contributed by atoms with Crippen LogP contribution in [0.3, 0.4) is 0 Å². The fraction of sp³-hybridized carbons (Fsp3) is 0.333. The first-order chi connectivity index (χ1) is 16.1. The van der Waals surface area contributed by atoms with Crippen molar-refractivity contribution in [2.75, 3.05) is 48.8 Å². The molecule has 33 heavy (non-hydrogen) atoms. The zero-order chi connectivity index (χ0) is 22.8. The molecule has 170 valence electrons. The average Bonchev–Trinajstić information content (AvgIpc) is 2.84. The molecule has 0 amide bonds. The van der Waals surface area contributed by atoms with Gasteiger partial charge in [-0.2, -0.15) is 0 Å². The lowest BCUT2D eigenvalue weighted by molar-refractivity contribution is 0.0988. The van der Waals surface area contributed by atoms with Gasteiger partial charge in [0.15, 0.2) is 11.6 Å². The fourth-order valence-electron chi connectivity index (χ4n) is 4.36. The molecule has 3 aromatic rings. The number of ether oxygens (including phenoxy) is 1. The number of nitrogen functional groups attached to an aromatic ring is 1. The third kappa shape index (κ3) is 4.50. The molecule has 5 N–H and O–H groups in total. The zero-order valence-electron chi connectivity index (χ0n) is 18.3. The van der Waals surface area contributed by atoms with Crippen LogP contribution in [-0.2, 0) is 17.6 Å². The van der Waals surface area contributed by atoms with Crippen molar-refractivity contribution in [3.8, 4) is 11.3 Å². The number of hydrogen-bond donors (Lipinski definition) is 3. The minimum Gasteiger partial charge on any atom is -0.383 e. The van der Waals surface area contributed by atoms with Crippen molar-refractivity contribution in [1.82, 2.24) is 15.0 Å². The van der Waals surface area contributed by atoms with Crippen molar-refractivity contribution in [3.05, 3.63) is 59.7 Å². The van der Waals surface area contributed by atoms with Crippen molar-refractivity contribution < 1.29 is 9.53 Å². The summed E-state index contributed by atoms with van der Waals surface area (Å²) in [4.78, 5) is 28.6. The number of benzene rings is 1. The van der Waals surface area contributed by atoms with Gasteiger partial charge in [0.05, 0.1) is 25.1 Å². The van der Waals surface area contributed by atoms with E-state index in [4.69, 9.17) is 16.2 Å². The van der Waals surface area contributed by atoms with Crippen LogP contribution in [0.15, 0.2) is 42.9 Å². The van der Waals surface area contributed by atoms with Gasteiger partial charge in [-0.15, -0.1) is 0 Å². The number of nitrogens with zero attached hydrogens (tertiary/aromatic N) is 4. The van der Waals surface area contributed by atoms with E-state index in [9.17, 15) is 4.79 Å². The summed E-state index contributed by atoms with van der Waals surface area (Å²) in [5.41, 5.74) is 17.9. The number of nitrogens with one attached hydrogen (secondary N) is 1. The molecule has 2 aromatic heterocycles. The maximum atomic E-state index is 13.2. The van der Waals surface area contributed by atoms with Crippen LogP contribution in [0.2, 0.25) is 0 Å². The number of hydrogen-bond acceptors (Lipinski definition) is 9. The van der Waals surface area contributed by atoms with Crippen molar-refractivity contribution in [2.45, 2.75) is 18.9 Å². The number of carbonyl (C=O) groups is 1. The molecular weight excluding hydrogens is 418 g/mol. The van der Waals surface area contributed by atoms with Crippen LogP contribution < -0.4 is 21.7 Å². The van der Waals surface area contributed by atoms with E-state index in [-0.39, 0.29) is 29.8 Å². The van der Waals surface area contributed by atoms with E-state index in [2.05, 4.69) is 25.2 Å². The summed E-state index contributed by atoms with van der Waals surface area (Å²) >= 11 is 0. The first kappa shape index (κ1) is 21.3. The molecule has 9 nitrogen and oxygen atoms in total. The van der Waals surface area contributed by atoms with E-state index in [0.717, 1.165) is 54.1 Å². The highest BCUT2D eigenvalue weighted by atomic mass is 16.5. The summed E-state index contributed by atoms with van der Waals surface area (Å²) in [6.07, 6.45) is 6.01. The van der Waals surface area contributed by atoms with Crippen molar-refractivity contribution >= 4 is 23.0 Å². The Labute approximate surface area is 192 Å². The number of morpholine rings is 1. The third-order valence-corrected chi connectivity index (χ3v) is 6.08. The van der Waals surface area contributed by atoms with Gasteiger partial charge in [0.2, 0.25) is 0 Å². The second kappa shape index (κ2) is 9.13. The SMILES string of the molecule is Nc1ncc(-c2ccc3c(c2)CC(N)CN3)nc1C(=O)Cc1cnccc1N1CCOCC1. The van der Waals surface area contributed by atoms with Gasteiger partial charge in [-0.25, -0.2) is 9.97 Å². The van der Waals surface area contributed by atoms with Crippen molar-refractivity contribution in [2.24, 2.45) is 5.73 Å². The van der Waals surface area contributed by atoms with Crippen LogP contribution in [0.1, 0.15) is 21.6 Å². The van der Waals surface area contributed by atoms with Crippen molar-refractivity contribution in [3.63, 3.8) is 0 Å². The summed E-state index contributed by atoms with van der Waals surface area (Å²) in [6.45, 7) is 3.64. The lowest BCUT2D eigenvalue weighted by Crippen LogP contribution is -2.37. The summed E-state index contributed by atoms with van der Waals surface area (Å²) in [6, 6.07) is 8.04. The van der Waals surface area contributed by atoms with Crippen LogP contribution in [0.25, 0.3) is 11.3 Å². The smallest absolute Gasteiger partial charge is 0.189 e. The fourth-order valence-corrected chi connectivity index (χ4v) is 4.36. The minimum absolute atomic E-state index is 0.0718. The average molecular weight is 446 g/mol. The van der Waals surface area contributed by atoms with E-state index >= 15 is 0 Å². The van der Waals surface area contributed by atoms with Gasteiger partial charge in [-0.05, 0) is 30.2 Å². The van der Waals surface area contributed by atoms with Gasteiger partial charge < -0.3 is 26.4 Å². The van der Waals surface area contributed by atoms with E-state index in [1.807, 2.05) is 24.3 Å². The molecule has 2 aliphatic rings. The summed E-state index contributed by atoms with van der Waals surface area (Å²) < 4.78 is 5.45. The number of carbonyl (C=O) groups excluding carboxylic acids is 1. The molecule has 0 radical (unpaired) electrons. The molecular formula is C24H27N7O2. The van der Waals surface area contributed by atoms with Gasteiger partial charge in [0.1, 0.15) is 5.69 Å². The predicted molar refractivity (Wildman–Crippen MR) is 127 cm³/mol. The van der Waals surface area contributed by atoms with Crippen LogP contribution in [-0.4, -0.2) is 59.6 Å². The number of nitrogens with two attached hydrogens (primary N) is 2. The number of pyridine rings is 1. The molecule has 1 unspecified atom stereocenters. The topological polar surface area (TPSA) is 132 Å². The molecule has 0 spiro atoms. The van der Waals surface area contributed by atoms with E-state index in [0.29, 0.717) is 18.9 Å². The van der Waals surface area contributed by atoms with Gasteiger partial charge in [-0.3, -0.25) is 9.78 Å². The number of ketones is 1. The molecule has 2 aliphatic heterocycles. The van der Waals surface area contributed by atoms with Gasteiger partial charge in [0, 0.05) is 67.0 Å². The molecule has 9 heteroatoms. The Balaban J connectivity index is 1.41. The second-order valence-electron chi connectivity index (χ2n) is 8.41. The molecule has 0 aliphatic carbocycles. The summed E-state index contributed by atoms with van der Waals surface area (Å²) in [5, 5.41) is 3.34. The minimum atomic E-state index is -0.189. The lowest BCUT2D eigenvalue weighted by Gasteiger charge is -2.30. The summed E-state index contributed by atoms with van der Waals surface area (Å²) in [7, 11) is 0. The first-order valence-corrected chi connectivity index (χ1v) is 11.1. The Morgan fingerprint density at radius 3 is 2.91 bits per heavy atom.